The lowest BCUT2D eigenvalue weighted by Gasteiger charge is -2.23. The van der Waals surface area contributed by atoms with Gasteiger partial charge in [0.15, 0.2) is 0 Å². The summed E-state index contributed by atoms with van der Waals surface area (Å²) in [5, 5.41) is 4.20. The summed E-state index contributed by atoms with van der Waals surface area (Å²) in [6, 6.07) is 8.83. The molecule has 0 bridgehead atoms. The fraction of sp³-hybridized carbons (Fsp3) is 0.533. The summed E-state index contributed by atoms with van der Waals surface area (Å²) in [5.41, 5.74) is 3.98. The van der Waals surface area contributed by atoms with Crippen molar-refractivity contribution in [2.45, 2.75) is 39.0 Å². The number of hydrogen-bond donors (Lipinski definition) is 0. The minimum absolute atomic E-state index is 0.575. The predicted molar refractivity (Wildman–Crippen MR) is 71.3 cm³/mol. The van der Waals surface area contributed by atoms with Crippen LogP contribution in [-0.2, 0) is 11.3 Å². The summed E-state index contributed by atoms with van der Waals surface area (Å²) >= 11 is 0. The second-order valence-electron chi connectivity index (χ2n) is 4.90. The van der Waals surface area contributed by atoms with Gasteiger partial charge < -0.3 is 4.84 Å². The molecule has 1 atom stereocenters. The van der Waals surface area contributed by atoms with Crippen LogP contribution in [0.2, 0.25) is 0 Å². The Morgan fingerprint density at radius 1 is 1.24 bits per heavy atom. The molecule has 0 saturated heterocycles. The van der Waals surface area contributed by atoms with E-state index in [0.29, 0.717) is 5.92 Å². The molecule has 0 aliphatic heterocycles. The standard InChI is InChI=1S/C15H21NO/c1-12-7-9-13(10-8-12)11-14-5-3-4-6-15(14)16-17-2/h7-10,14H,3-6,11H2,1-2H3. The Kier molecular flexibility index (Phi) is 4.18. The van der Waals surface area contributed by atoms with Gasteiger partial charge in [-0.3, -0.25) is 0 Å². The molecule has 1 fully saturated rings. The van der Waals surface area contributed by atoms with Crippen LogP contribution in [0.4, 0.5) is 0 Å². The van der Waals surface area contributed by atoms with Gasteiger partial charge in [0.25, 0.3) is 0 Å². The summed E-state index contributed by atoms with van der Waals surface area (Å²) in [5.74, 6) is 0.575. The minimum atomic E-state index is 0.575. The first-order valence-electron chi connectivity index (χ1n) is 6.45. The van der Waals surface area contributed by atoms with Crippen molar-refractivity contribution >= 4 is 5.71 Å². The summed E-state index contributed by atoms with van der Waals surface area (Å²) in [6.07, 6.45) is 6.02. The van der Waals surface area contributed by atoms with Gasteiger partial charge in [0, 0.05) is 5.92 Å². The molecule has 92 valence electrons. The molecule has 2 heteroatoms. The van der Waals surface area contributed by atoms with Crippen molar-refractivity contribution in [2.75, 3.05) is 7.11 Å². The molecule has 1 unspecified atom stereocenters. The quantitative estimate of drug-likeness (QED) is 0.726. The first-order chi connectivity index (χ1) is 8.29. The Bertz CT molecular complexity index is 380. The molecule has 0 N–H and O–H groups in total. The van der Waals surface area contributed by atoms with Crippen molar-refractivity contribution < 1.29 is 4.84 Å². The van der Waals surface area contributed by atoms with E-state index >= 15 is 0 Å². The van der Waals surface area contributed by atoms with Gasteiger partial charge in [-0.15, -0.1) is 0 Å². The van der Waals surface area contributed by atoms with Crippen LogP contribution in [0, 0.1) is 12.8 Å². The molecule has 0 amide bonds. The van der Waals surface area contributed by atoms with Crippen LogP contribution in [0.5, 0.6) is 0 Å². The van der Waals surface area contributed by atoms with E-state index in [1.807, 2.05) is 0 Å². The minimum Gasteiger partial charge on any atom is -0.399 e. The van der Waals surface area contributed by atoms with Crippen molar-refractivity contribution in [3.63, 3.8) is 0 Å². The van der Waals surface area contributed by atoms with Gasteiger partial charge in [0.05, 0.1) is 5.71 Å². The molecule has 2 nitrogen and oxygen atoms in total. The summed E-state index contributed by atoms with van der Waals surface area (Å²) in [7, 11) is 1.64. The Morgan fingerprint density at radius 2 is 2.00 bits per heavy atom. The number of oxime groups is 1. The molecular weight excluding hydrogens is 210 g/mol. The normalized spacial score (nSPS) is 22.7. The number of nitrogens with zero attached hydrogens (tertiary/aromatic N) is 1. The van der Waals surface area contributed by atoms with Crippen LogP contribution >= 0.6 is 0 Å². The van der Waals surface area contributed by atoms with Crippen molar-refractivity contribution in [3.8, 4) is 0 Å². The van der Waals surface area contributed by atoms with E-state index in [2.05, 4.69) is 36.3 Å². The van der Waals surface area contributed by atoms with Gasteiger partial charge in [-0.05, 0) is 38.2 Å². The fourth-order valence-corrected chi connectivity index (χ4v) is 2.53. The third-order valence-corrected chi connectivity index (χ3v) is 3.52. The zero-order chi connectivity index (χ0) is 12.1. The van der Waals surface area contributed by atoms with Crippen LogP contribution < -0.4 is 0 Å². The molecule has 2 rings (SSSR count). The Labute approximate surface area is 104 Å². The van der Waals surface area contributed by atoms with E-state index in [-0.39, 0.29) is 0 Å². The highest BCUT2D eigenvalue weighted by atomic mass is 16.6. The lowest BCUT2D eigenvalue weighted by Crippen LogP contribution is -2.21. The molecule has 17 heavy (non-hydrogen) atoms. The molecule has 1 aromatic carbocycles. The average molecular weight is 231 g/mol. The van der Waals surface area contributed by atoms with Gasteiger partial charge in [0.1, 0.15) is 7.11 Å². The topological polar surface area (TPSA) is 21.6 Å². The van der Waals surface area contributed by atoms with E-state index in [0.717, 1.165) is 12.8 Å². The maximum Gasteiger partial charge on any atom is 0.106 e. The third-order valence-electron chi connectivity index (χ3n) is 3.52. The zero-order valence-electron chi connectivity index (χ0n) is 10.8. The largest absolute Gasteiger partial charge is 0.399 e. The third kappa shape index (κ3) is 3.32. The van der Waals surface area contributed by atoms with E-state index < -0.39 is 0 Å². The molecule has 0 radical (unpaired) electrons. The van der Waals surface area contributed by atoms with Crippen LogP contribution in [0.3, 0.4) is 0 Å². The highest BCUT2D eigenvalue weighted by Crippen LogP contribution is 2.25. The smallest absolute Gasteiger partial charge is 0.106 e. The van der Waals surface area contributed by atoms with Crippen molar-refractivity contribution in [1.82, 2.24) is 0 Å². The van der Waals surface area contributed by atoms with Gasteiger partial charge in [-0.1, -0.05) is 41.4 Å². The van der Waals surface area contributed by atoms with Crippen LogP contribution in [0.15, 0.2) is 29.4 Å². The molecule has 1 saturated carbocycles. The zero-order valence-corrected chi connectivity index (χ0v) is 10.8. The van der Waals surface area contributed by atoms with Crippen LogP contribution in [0.1, 0.15) is 36.8 Å². The fourth-order valence-electron chi connectivity index (χ4n) is 2.53. The lowest BCUT2D eigenvalue weighted by atomic mass is 9.83. The number of hydrogen-bond acceptors (Lipinski definition) is 2. The van der Waals surface area contributed by atoms with Gasteiger partial charge in [-0.2, -0.15) is 0 Å². The van der Waals surface area contributed by atoms with E-state index in [1.54, 1.807) is 7.11 Å². The molecule has 0 heterocycles. The summed E-state index contributed by atoms with van der Waals surface area (Å²) < 4.78 is 0. The molecule has 0 spiro atoms. The first kappa shape index (κ1) is 12.2. The Hall–Kier alpha value is -1.31. The van der Waals surface area contributed by atoms with Gasteiger partial charge in [0.2, 0.25) is 0 Å². The highest BCUT2D eigenvalue weighted by molar-refractivity contribution is 5.87. The number of benzene rings is 1. The molecule has 1 aromatic rings. The van der Waals surface area contributed by atoms with Crippen molar-refractivity contribution in [3.05, 3.63) is 35.4 Å². The molecule has 0 aromatic heterocycles. The highest BCUT2D eigenvalue weighted by Gasteiger charge is 2.21. The van der Waals surface area contributed by atoms with E-state index in [9.17, 15) is 0 Å². The molecule has 1 aliphatic rings. The van der Waals surface area contributed by atoms with E-state index in [4.69, 9.17) is 4.84 Å². The number of rotatable bonds is 3. The first-order valence-corrected chi connectivity index (χ1v) is 6.45. The SMILES string of the molecule is CON=C1CCCCC1Cc1ccc(C)cc1. The summed E-state index contributed by atoms with van der Waals surface area (Å²) in [6.45, 7) is 2.13. The molecular formula is C15H21NO. The second-order valence-corrected chi connectivity index (χ2v) is 4.90. The predicted octanol–water partition coefficient (Wildman–Crippen LogP) is 3.73. The van der Waals surface area contributed by atoms with Crippen molar-refractivity contribution in [2.24, 2.45) is 11.1 Å². The monoisotopic (exact) mass is 231 g/mol. The Balaban J connectivity index is 2.05. The number of aryl methyl sites for hydroxylation is 1. The van der Waals surface area contributed by atoms with Crippen molar-refractivity contribution in [1.29, 1.82) is 0 Å². The van der Waals surface area contributed by atoms with E-state index in [1.165, 1.54) is 36.1 Å². The van der Waals surface area contributed by atoms with Crippen LogP contribution in [0.25, 0.3) is 0 Å². The lowest BCUT2D eigenvalue weighted by molar-refractivity contribution is 0.208. The Morgan fingerprint density at radius 3 is 2.71 bits per heavy atom. The maximum absolute atomic E-state index is 4.96. The van der Waals surface area contributed by atoms with Gasteiger partial charge >= 0.3 is 0 Å². The average Bonchev–Trinajstić information content (AvgIpc) is 2.35. The maximum atomic E-state index is 4.96. The second kappa shape index (κ2) is 5.85. The molecule has 1 aliphatic carbocycles. The summed E-state index contributed by atoms with van der Waals surface area (Å²) in [4.78, 5) is 4.96. The van der Waals surface area contributed by atoms with Crippen LogP contribution in [-0.4, -0.2) is 12.8 Å². The van der Waals surface area contributed by atoms with Gasteiger partial charge in [-0.25, -0.2) is 0 Å².